The van der Waals surface area contributed by atoms with Crippen molar-refractivity contribution >= 4 is 52.5 Å². The van der Waals surface area contributed by atoms with Gasteiger partial charge >= 0.3 is 0 Å². The maximum atomic E-state index is 6.32. The Morgan fingerprint density at radius 2 is 1.86 bits per heavy atom. The van der Waals surface area contributed by atoms with Gasteiger partial charge in [0.2, 0.25) is 5.95 Å². The highest BCUT2D eigenvalue weighted by Crippen LogP contribution is 2.41. The van der Waals surface area contributed by atoms with E-state index in [-0.39, 0.29) is 5.41 Å². The van der Waals surface area contributed by atoms with E-state index in [1.54, 1.807) is 12.4 Å². The SMILES string of the molecule is CC1CCN(c2cc(Sc3ncccn3)nc(NC(=S)NCC3(c4cccc(Cl)c4)CCCC3)n2)CC1. The number of halogens is 1. The van der Waals surface area contributed by atoms with E-state index >= 15 is 0 Å². The van der Waals surface area contributed by atoms with E-state index in [1.807, 2.05) is 24.3 Å². The van der Waals surface area contributed by atoms with Crippen molar-refractivity contribution in [2.75, 3.05) is 29.9 Å². The topological polar surface area (TPSA) is 78.9 Å². The van der Waals surface area contributed by atoms with Gasteiger partial charge in [0.25, 0.3) is 0 Å². The Morgan fingerprint density at radius 1 is 1.11 bits per heavy atom. The first kappa shape index (κ1) is 26.1. The Hall–Kier alpha value is -2.49. The summed E-state index contributed by atoms with van der Waals surface area (Å²) >= 11 is 13.5. The van der Waals surface area contributed by atoms with Gasteiger partial charge in [-0.1, -0.05) is 43.5 Å². The molecule has 10 heteroatoms. The van der Waals surface area contributed by atoms with E-state index in [0.29, 0.717) is 16.2 Å². The number of benzene rings is 1. The minimum Gasteiger partial charge on any atom is -0.361 e. The molecule has 0 unspecified atom stereocenters. The van der Waals surface area contributed by atoms with Gasteiger partial charge in [-0.05, 0) is 79.3 Å². The fraction of sp³-hybridized carbons (Fsp3) is 0.444. The van der Waals surface area contributed by atoms with Crippen molar-refractivity contribution in [3.8, 4) is 0 Å². The van der Waals surface area contributed by atoms with Gasteiger partial charge in [-0.15, -0.1) is 0 Å². The normalized spacial score (nSPS) is 17.5. The van der Waals surface area contributed by atoms with Crippen LogP contribution in [0.1, 0.15) is 51.0 Å². The van der Waals surface area contributed by atoms with Crippen molar-refractivity contribution in [2.45, 2.75) is 61.0 Å². The first-order valence-corrected chi connectivity index (χ1v) is 14.5. The molecule has 194 valence electrons. The first-order valence-electron chi connectivity index (χ1n) is 12.9. The molecule has 1 aliphatic heterocycles. The van der Waals surface area contributed by atoms with Crippen LogP contribution in [0.15, 0.2) is 59.0 Å². The molecule has 5 rings (SSSR count). The minimum absolute atomic E-state index is 0.0233. The van der Waals surface area contributed by atoms with Crippen molar-refractivity contribution in [2.24, 2.45) is 5.92 Å². The fourth-order valence-corrected chi connectivity index (χ4v) is 6.25. The number of thiocarbonyl (C=S) groups is 1. The molecule has 1 aliphatic carbocycles. The summed E-state index contributed by atoms with van der Waals surface area (Å²) in [7, 11) is 0. The van der Waals surface area contributed by atoms with E-state index in [1.165, 1.54) is 30.2 Å². The first-order chi connectivity index (χ1) is 18.0. The van der Waals surface area contributed by atoms with Gasteiger partial charge in [0, 0.05) is 48.5 Å². The second kappa shape index (κ2) is 11.9. The zero-order valence-electron chi connectivity index (χ0n) is 21.0. The molecule has 37 heavy (non-hydrogen) atoms. The molecule has 0 radical (unpaired) electrons. The molecule has 0 amide bonds. The molecule has 0 atom stereocenters. The number of hydrogen-bond acceptors (Lipinski definition) is 7. The maximum absolute atomic E-state index is 6.32. The Bertz CT molecular complexity index is 1210. The molecule has 0 spiro atoms. The molecule has 1 aromatic carbocycles. The van der Waals surface area contributed by atoms with Gasteiger partial charge in [-0.3, -0.25) is 0 Å². The summed E-state index contributed by atoms with van der Waals surface area (Å²) in [6.45, 7) is 5.01. The Balaban J connectivity index is 1.32. The van der Waals surface area contributed by atoms with Crippen LogP contribution in [0.3, 0.4) is 0 Å². The quantitative estimate of drug-likeness (QED) is 0.205. The van der Waals surface area contributed by atoms with Gasteiger partial charge in [0.1, 0.15) is 10.8 Å². The van der Waals surface area contributed by atoms with E-state index in [9.17, 15) is 0 Å². The molecular weight excluding hydrogens is 522 g/mol. The van der Waals surface area contributed by atoms with Gasteiger partial charge < -0.3 is 15.5 Å². The van der Waals surface area contributed by atoms with Crippen LogP contribution in [-0.4, -0.2) is 44.7 Å². The minimum atomic E-state index is 0.0233. The predicted octanol–water partition coefficient (Wildman–Crippen LogP) is 6.11. The lowest BCUT2D eigenvalue weighted by Gasteiger charge is -2.32. The van der Waals surface area contributed by atoms with Crippen LogP contribution in [0, 0.1) is 5.92 Å². The Morgan fingerprint density at radius 3 is 2.59 bits per heavy atom. The number of aromatic nitrogens is 4. The summed E-state index contributed by atoms with van der Waals surface area (Å²) in [4.78, 5) is 20.6. The Kier molecular flexibility index (Phi) is 8.42. The lowest BCUT2D eigenvalue weighted by atomic mass is 9.79. The lowest BCUT2D eigenvalue weighted by molar-refractivity contribution is 0.435. The number of rotatable bonds is 7. The Labute approximate surface area is 233 Å². The highest BCUT2D eigenvalue weighted by molar-refractivity contribution is 7.99. The zero-order chi connectivity index (χ0) is 25.7. The van der Waals surface area contributed by atoms with Crippen LogP contribution in [-0.2, 0) is 5.41 Å². The van der Waals surface area contributed by atoms with Crippen LogP contribution < -0.4 is 15.5 Å². The fourth-order valence-electron chi connectivity index (χ4n) is 5.19. The molecule has 0 bridgehead atoms. The predicted molar refractivity (Wildman–Crippen MR) is 155 cm³/mol. The summed E-state index contributed by atoms with van der Waals surface area (Å²) in [5.74, 6) is 2.12. The third-order valence-corrected chi connectivity index (χ3v) is 8.64. The van der Waals surface area contributed by atoms with Crippen LogP contribution in [0.2, 0.25) is 5.02 Å². The number of nitrogens with zero attached hydrogens (tertiary/aromatic N) is 5. The summed E-state index contributed by atoms with van der Waals surface area (Å²) in [6, 6.07) is 12.1. The van der Waals surface area contributed by atoms with E-state index in [0.717, 1.165) is 67.1 Å². The molecule has 2 fully saturated rings. The van der Waals surface area contributed by atoms with Crippen LogP contribution in [0.4, 0.5) is 11.8 Å². The number of anilines is 2. The highest BCUT2D eigenvalue weighted by Gasteiger charge is 2.35. The van der Waals surface area contributed by atoms with E-state index in [2.05, 4.69) is 44.6 Å². The molecule has 2 aliphatic rings. The molecule has 2 aromatic heterocycles. The maximum Gasteiger partial charge on any atom is 0.232 e. The molecule has 2 N–H and O–H groups in total. The third kappa shape index (κ3) is 6.69. The smallest absolute Gasteiger partial charge is 0.232 e. The van der Waals surface area contributed by atoms with Gasteiger partial charge in [0.05, 0.1) is 0 Å². The largest absolute Gasteiger partial charge is 0.361 e. The van der Waals surface area contributed by atoms with Crippen LogP contribution in [0.25, 0.3) is 0 Å². The summed E-state index contributed by atoms with van der Waals surface area (Å²) in [6.07, 6.45) is 10.4. The lowest BCUT2D eigenvalue weighted by Crippen LogP contribution is -2.41. The van der Waals surface area contributed by atoms with Gasteiger partial charge in [0.15, 0.2) is 10.3 Å². The molecule has 3 heterocycles. The standard InChI is InChI=1S/C27H32ClN7S2/c1-19-8-14-35(15-9-19)22-17-23(37-26-29-12-5-13-30-26)33-24(32-22)34-25(36)31-18-27(10-2-3-11-27)20-6-4-7-21(28)16-20/h4-7,12-13,16-17,19H,2-3,8-11,14-15,18H2,1H3,(H2,31,32,33,34,36). The summed E-state index contributed by atoms with van der Waals surface area (Å²) in [5.41, 5.74) is 1.29. The average molecular weight is 554 g/mol. The van der Waals surface area contributed by atoms with Gasteiger partial charge in [-0.25, -0.2) is 15.0 Å². The summed E-state index contributed by atoms with van der Waals surface area (Å²) < 4.78 is 0. The van der Waals surface area contributed by atoms with Crippen molar-refractivity contribution in [3.63, 3.8) is 0 Å². The van der Waals surface area contributed by atoms with Crippen LogP contribution >= 0.6 is 35.6 Å². The van der Waals surface area contributed by atoms with Crippen molar-refractivity contribution in [1.82, 2.24) is 25.3 Å². The molecule has 1 saturated heterocycles. The van der Waals surface area contributed by atoms with Crippen molar-refractivity contribution in [1.29, 1.82) is 0 Å². The molecular formula is C27H32ClN7S2. The number of hydrogen-bond donors (Lipinski definition) is 2. The molecule has 1 saturated carbocycles. The second-order valence-corrected chi connectivity index (χ2v) is 11.8. The average Bonchev–Trinajstić information content (AvgIpc) is 3.39. The second-order valence-electron chi connectivity index (χ2n) is 10.00. The highest BCUT2D eigenvalue weighted by atomic mass is 35.5. The van der Waals surface area contributed by atoms with Crippen LogP contribution in [0.5, 0.6) is 0 Å². The van der Waals surface area contributed by atoms with Crippen molar-refractivity contribution < 1.29 is 0 Å². The third-order valence-electron chi connectivity index (χ3n) is 7.35. The van der Waals surface area contributed by atoms with E-state index in [4.69, 9.17) is 33.8 Å². The number of nitrogens with one attached hydrogen (secondary N) is 2. The molecule has 3 aromatic rings. The summed E-state index contributed by atoms with van der Waals surface area (Å²) in [5, 5.41) is 9.43. The van der Waals surface area contributed by atoms with E-state index < -0.39 is 0 Å². The monoisotopic (exact) mass is 553 g/mol. The van der Waals surface area contributed by atoms with Crippen molar-refractivity contribution in [3.05, 3.63) is 59.4 Å². The molecule has 7 nitrogen and oxygen atoms in total. The number of piperidine rings is 1. The zero-order valence-corrected chi connectivity index (χ0v) is 23.4. The van der Waals surface area contributed by atoms with Gasteiger partial charge in [-0.2, -0.15) is 4.98 Å².